The number of amides is 2. The number of urea groups is 1. The summed E-state index contributed by atoms with van der Waals surface area (Å²) in [5.41, 5.74) is 2.20. The number of carbonyl (C=O) groups excluding carboxylic acids is 1. The molecule has 1 aliphatic heterocycles. The molecule has 0 unspecified atom stereocenters. The first-order valence-corrected chi connectivity index (χ1v) is 9.21. The van der Waals surface area contributed by atoms with Crippen LogP contribution in [0.2, 0.25) is 5.02 Å². The van der Waals surface area contributed by atoms with E-state index in [1.165, 1.54) is 12.1 Å². The molecule has 0 aliphatic carbocycles. The second-order valence-corrected chi connectivity index (χ2v) is 6.92. The Kier molecular flexibility index (Phi) is 6.32. The van der Waals surface area contributed by atoms with Crippen LogP contribution >= 0.6 is 11.6 Å². The van der Waals surface area contributed by atoms with Crippen LogP contribution in [-0.4, -0.2) is 53.1 Å². The third kappa shape index (κ3) is 5.21. The molecule has 0 saturated carbocycles. The summed E-state index contributed by atoms with van der Waals surface area (Å²) >= 11 is 6.22. The third-order valence-corrected chi connectivity index (χ3v) is 5.02. The molecule has 1 fully saturated rings. The zero-order chi connectivity index (χ0) is 19.2. The smallest absolute Gasteiger partial charge is 0.335 e. The van der Waals surface area contributed by atoms with Gasteiger partial charge in [-0.3, -0.25) is 4.90 Å². The van der Waals surface area contributed by atoms with Gasteiger partial charge in [0.1, 0.15) is 0 Å². The molecule has 3 rings (SSSR count). The molecule has 2 aromatic carbocycles. The number of piperazine rings is 1. The number of hydrogen-bond acceptors (Lipinski definition) is 3. The summed E-state index contributed by atoms with van der Waals surface area (Å²) in [6.45, 7) is 4.07. The summed E-state index contributed by atoms with van der Waals surface area (Å²) in [5, 5.41) is 12.6. The fraction of sp³-hybridized carbons (Fsp3) is 0.300. The maximum atomic E-state index is 12.3. The molecule has 2 amide bonds. The largest absolute Gasteiger partial charge is 0.478 e. The van der Waals surface area contributed by atoms with E-state index in [9.17, 15) is 9.59 Å². The summed E-state index contributed by atoms with van der Waals surface area (Å²) in [6.07, 6.45) is 0. The van der Waals surface area contributed by atoms with Crippen molar-refractivity contribution in [3.63, 3.8) is 0 Å². The molecule has 0 atom stereocenters. The summed E-state index contributed by atoms with van der Waals surface area (Å²) < 4.78 is 0. The molecule has 1 aliphatic rings. The highest BCUT2D eigenvalue weighted by atomic mass is 35.5. The minimum atomic E-state index is -0.958. The van der Waals surface area contributed by atoms with Crippen molar-refractivity contribution in [1.82, 2.24) is 15.1 Å². The second kappa shape index (κ2) is 8.88. The maximum absolute atomic E-state index is 12.3. The van der Waals surface area contributed by atoms with Crippen LogP contribution in [0.3, 0.4) is 0 Å². The quantitative estimate of drug-likeness (QED) is 0.827. The standard InChI is InChI=1S/C20H22ClN3O3/c21-18-4-2-1-3-17(18)14-23-9-11-24(12-10-23)20(27)22-13-15-5-7-16(8-6-15)19(25)26/h1-8H,9-14H2,(H,22,27)(H,25,26). The number of carboxylic acid groups (broad SMARTS) is 1. The second-order valence-electron chi connectivity index (χ2n) is 6.52. The number of rotatable bonds is 5. The van der Waals surface area contributed by atoms with E-state index < -0.39 is 5.97 Å². The third-order valence-electron chi connectivity index (χ3n) is 4.66. The summed E-state index contributed by atoms with van der Waals surface area (Å²) in [6, 6.07) is 14.2. The fourth-order valence-corrected chi connectivity index (χ4v) is 3.23. The highest BCUT2D eigenvalue weighted by Gasteiger charge is 2.21. The molecule has 1 saturated heterocycles. The van der Waals surface area contributed by atoms with Gasteiger partial charge < -0.3 is 15.3 Å². The van der Waals surface area contributed by atoms with Crippen LogP contribution in [-0.2, 0) is 13.1 Å². The lowest BCUT2D eigenvalue weighted by molar-refractivity contribution is 0.0697. The van der Waals surface area contributed by atoms with Crippen molar-refractivity contribution in [3.8, 4) is 0 Å². The normalized spacial score (nSPS) is 14.8. The van der Waals surface area contributed by atoms with Gasteiger partial charge in [0.15, 0.2) is 0 Å². The molecular formula is C20H22ClN3O3. The highest BCUT2D eigenvalue weighted by Crippen LogP contribution is 2.18. The first kappa shape index (κ1) is 19.2. The zero-order valence-corrected chi connectivity index (χ0v) is 15.7. The fourth-order valence-electron chi connectivity index (χ4n) is 3.03. The minimum absolute atomic E-state index is 0.102. The van der Waals surface area contributed by atoms with Crippen LogP contribution < -0.4 is 5.32 Å². The topological polar surface area (TPSA) is 72.9 Å². The summed E-state index contributed by atoms with van der Waals surface area (Å²) in [5.74, 6) is -0.958. The molecule has 1 heterocycles. The van der Waals surface area contributed by atoms with Crippen LogP contribution in [0.15, 0.2) is 48.5 Å². The number of carboxylic acids is 1. The minimum Gasteiger partial charge on any atom is -0.478 e. The lowest BCUT2D eigenvalue weighted by Crippen LogP contribution is -2.51. The van der Waals surface area contributed by atoms with Crippen LogP contribution in [0, 0.1) is 0 Å². The van der Waals surface area contributed by atoms with E-state index in [-0.39, 0.29) is 11.6 Å². The molecule has 2 N–H and O–H groups in total. The average molecular weight is 388 g/mol. The lowest BCUT2D eigenvalue weighted by atomic mass is 10.1. The van der Waals surface area contributed by atoms with Gasteiger partial charge in [-0.15, -0.1) is 0 Å². The molecule has 0 spiro atoms. The Labute approximate surface area is 163 Å². The number of aromatic carboxylic acids is 1. The Morgan fingerprint density at radius 2 is 1.67 bits per heavy atom. The van der Waals surface area contributed by atoms with E-state index in [1.807, 2.05) is 24.3 Å². The molecule has 2 aromatic rings. The molecule has 0 radical (unpaired) electrons. The first-order chi connectivity index (χ1) is 13.0. The Balaban J connectivity index is 1.44. The van der Waals surface area contributed by atoms with Gasteiger partial charge >= 0.3 is 12.0 Å². The molecule has 6 nitrogen and oxygen atoms in total. The van der Waals surface area contributed by atoms with Crippen molar-refractivity contribution in [2.75, 3.05) is 26.2 Å². The molecular weight excluding hydrogens is 366 g/mol. The summed E-state index contributed by atoms with van der Waals surface area (Å²) in [7, 11) is 0. The van der Waals surface area contributed by atoms with Crippen molar-refractivity contribution in [1.29, 1.82) is 0 Å². The lowest BCUT2D eigenvalue weighted by Gasteiger charge is -2.34. The van der Waals surface area contributed by atoms with Crippen LogP contribution in [0.5, 0.6) is 0 Å². The van der Waals surface area contributed by atoms with Crippen LogP contribution in [0.25, 0.3) is 0 Å². The van der Waals surface area contributed by atoms with Crippen molar-refractivity contribution in [3.05, 3.63) is 70.2 Å². The Morgan fingerprint density at radius 3 is 2.30 bits per heavy atom. The van der Waals surface area contributed by atoms with E-state index in [2.05, 4.69) is 10.2 Å². The van der Waals surface area contributed by atoms with Gasteiger partial charge in [-0.25, -0.2) is 9.59 Å². The Bertz CT molecular complexity index is 802. The number of nitrogens with one attached hydrogen (secondary N) is 1. The number of benzene rings is 2. The average Bonchev–Trinajstić information content (AvgIpc) is 2.69. The predicted octanol–water partition coefficient (Wildman–Crippen LogP) is 3.07. The molecule has 0 bridgehead atoms. The van der Waals surface area contributed by atoms with E-state index in [1.54, 1.807) is 17.0 Å². The first-order valence-electron chi connectivity index (χ1n) is 8.83. The Hall–Kier alpha value is -2.57. The molecule has 142 valence electrons. The van der Waals surface area contributed by atoms with Gasteiger partial charge in [-0.1, -0.05) is 41.9 Å². The van der Waals surface area contributed by atoms with Crippen molar-refractivity contribution in [2.24, 2.45) is 0 Å². The number of carbonyl (C=O) groups is 2. The SMILES string of the molecule is O=C(O)c1ccc(CNC(=O)N2CCN(Cc3ccccc3Cl)CC2)cc1. The van der Waals surface area contributed by atoms with Crippen LogP contribution in [0.1, 0.15) is 21.5 Å². The van der Waals surface area contributed by atoms with Gasteiger partial charge in [-0.2, -0.15) is 0 Å². The molecule has 27 heavy (non-hydrogen) atoms. The monoisotopic (exact) mass is 387 g/mol. The van der Waals surface area contributed by atoms with Gasteiger partial charge in [0.2, 0.25) is 0 Å². The van der Waals surface area contributed by atoms with E-state index in [0.29, 0.717) is 19.6 Å². The number of hydrogen-bond donors (Lipinski definition) is 2. The number of halogens is 1. The van der Waals surface area contributed by atoms with E-state index in [4.69, 9.17) is 16.7 Å². The highest BCUT2D eigenvalue weighted by molar-refractivity contribution is 6.31. The zero-order valence-electron chi connectivity index (χ0n) is 14.9. The Morgan fingerprint density at radius 1 is 1.00 bits per heavy atom. The predicted molar refractivity (Wildman–Crippen MR) is 104 cm³/mol. The van der Waals surface area contributed by atoms with Crippen molar-refractivity contribution < 1.29 is 14.7 Å². The number of nitrogens with zero attached hydrogens (tertiary/aromatic N) is 2. The van der Waals surface area contributed by atoms with E-state index in [0.717, 1.165) is 35.8 Å². The van der Waals surface area contributed by atoms with Crippen LogP contribution in [0.4, 0.5) is 4.79 Å². The van der Waals surface area contributed by atoms with Gasteiger partial charge in [0.05, 0.1) is 5.56 Å². The summed E-state index contributed by atoms with van der Waals surface area (Å²) in [4.78, 5) is 27.3. The molecule has 7 heteroatoms. The van der Waals surface area contributed by atoms with Gasteiger partial charge in [0.25, 0.3) is 0 Å². The van der Waals surface area contributed by atoms with Gasteiger partial charge in [0, 0.05) is 44.3 Å². The van der Waals surface area contributed by atoms with E-state index >= 15 is 0 Å². The molecule has 0 aromatic heterocycles. The maximum Gasteiger partial charge on any atom is 0.335 e. The van der Waals surface area contributed by atoms with Gasteiger partial charge in [-0.05, 0) is 29.3 Å². The van der Waals surface area contributed by atoms with Crippen molar-refractivity contribution in [2.45, 2.75) is 13.1 Å². The van der Waals surface area contributed by atoms with Crippen molar-refractivity contribution >= 4 is 23.6 Å².